The summed E-state index contributed by atoms with van der Waals surface area (Å²) in [6.07, 6.45) is 9.96. The van der Waals surface area contributed by atoms with Crippen molar-refractivity contribution in [3.63, 3.8) is 0 Å². The van der Waals surface area contributed by atoms with Gasteiger partial charge in [0.2, 0.25) is 0 Å². The Hall–Kier alpha value is -2.25. The third kappa shape index (κ3) is 8.23. The standard InChI is InChI=1S/C26H46N4O3/c1-9-19(3)22(21(5)26(27-6)33-8)13-11-14-23(24(10-2)28-18-31)25-20(4)17-29-30(25)15-12-16-32-7/h11,14,17,20,25,27-28,31H,9-10,12-13,15-16,18H2,1-8H3/b14-11-,22-19-,24-23-,26-21+. The van der Waals surface area contributed by atoms with Gasteiger partial charge in [-0.1, -0.05) is 38.5 Å². The molecule has 33 heavy (non-hydrogen) atoms. The summed E-state index contributed by atoms with van der Waals surface area (Å²) in [4.78, 5) is 0. The van der Waals surface area contributed by atoms with Gasteiger partial charge in [-0.25, -0.2) is 0 Å². The SMILES string of the molecule is CC/C(C)=C(C/C=C\C(=C(/CC)NCO)C1C(C)C=NN1CCCOC)\C(C)=C(/NC)OC. The van der Waals surface area contributed by atoms with E-state index in [4.69, 9.17) is 9.47 Å². The van der Waals surface area contributed by atoms with E-state index in [1.54, 1.807) is 14.2 Å². The monoisotopic (exact) mass is 462 g/mol. The maximum absolute atomic E-state index is 9.61. The Balaban J connectivity index is 3.33. The number of nitrogens with zero attached hydrogens (tertiary/aromatic N) is 2. The number of aliphatic hydroxyl groups is 1. The van der Waals surface area contributed by atoms with Crippen LogP contribution in [0.5, 0.6) is 0 Å². The lowest BCUT2D eigenvalue weighted by Gasteiger charge is -2.29. The van der Waals surface area contributed by atoms with Crippen molar-refractivity contribution in [3.05, 3.63) is 46.0 Å². The number of nitrogens with one attached hydrogen (secondary N) is 2. The van der Waals surface area contributed by atoms with Gasteiger partial charge < -0.3 is 25.2 Å². The number of hydrogen-bond acceptors (Lipinski definition) is 7. The van der Waals surface area contributed by atoms with Gasteiger partial charge in [0.05, 0.1) is 13.2 Å². The quantitative estimate of drug-likeness (QED) is 0.146. The molecule has 0 aromatic carbocycles. The second-order valence-corrected chi connectivity index (χ2v) is 8.33. The zero-order valence-corrected chi connectivity index (χ0v) is 22.0. The first kappa shape index (κ1) is 28.8. The Bertz CT molecular complexity index is 747. The van der Waals surface area contributed by atoms with Crippen molar-refractivity contribution in [2.24, 2.45) is 11.0 Å². The van der Waals surface area contributed by atoms with E-state index in [0.29, 0.717) is 6.61 Å². The van der Waals surface area contributed by atoms with Gasteiger partial charge >= 0.3 is 0 Å². The Labute approximate surface area is 201 Å². The van der Waals surface area contributed by atoms with Crippen molar-refractivity contribution in [2.75, 3.05) is 41.1 Å². The smallest absolute Gasteiger partial charge is 0.189 e. The lowest BCUT2D eigenvalue weighted by molar-refractivity contribution is 0.162. The van der Waals surface area contributed by atoms with Gasteiger partial charge in [0.15, 0.2) is 5.88 Å². The van der Waals surface area contributed by atoms with Crippen LogP contribution in [-0.4, -0.2) is 63.5 Å². The van der Waals surface area contributed by atoms with Crippen LogP contribution in [-0.2, 0) is 9.47 Å². The van der Waals surface area contributed by atoms with Crippen molar-refractivity contribution in [1.29, 1.82) is 0 Å². The van der Waals surface area contributed by atoms with Crippen molar-refractivity contribution in [1.82, 2.24) is 15.6 Å². The van der Waals surface area contributed by atoms with Gasteiger partial charge in [-0.05, 0) is 50.7 Å². The van der Waals surface area contributed by atoms with Gasteiger partial charge in [-0.15, -0.1) is 0 Å². The third-order valence-corrected chi connectivity index (χ3v) is 6.21. The van der Waals surface area contributed by atoms with E-state index >= 15 is 0 Å². The largest absolute Gasteiger partial charge is 0.482 e. The lowest BCUT2D eigenvalue weighted by Crippen LogP contribution is -2.36. The predicted molar refractivity (Wildman–Crippen MR) is 138 cm³/mol. The molecule has 0 saturated carbocycles. The van der Waals surface area contributed by atoms with Gasteiger partial charge in [0, 0.05) is 50.7 Å². The number of aliphatic hydroxyl groups excluding tert-OH is 1. The van der Waals surface area contributed by atoms with Gasteiger partial charge in [0.1, 0.15) is 6.73 Å². The zero-order valence-electron chi connectivity index (χ0n) is 22.0. The van der Waals surface area contributed by atoms with Crippen LogP contribution in [0.4, 0.5) is 0 Å². The lowest BCUT2D eigenvalue weighted by atomic mass is 9.91. The minimum Gasteiger partial charge on any atom is -0.482 e. The molecule has 0 amide bonds. The van der Waals surface area contributed by atoms with Crippen LogP contribution >= 0.6 is 0 Å². The molecule has 0 aromatic heterocycles. The van der Waals surface area contributed by atoms with Crippen LogP contribution < -0.4 is 10.6 Å². The van der Waals surface area contributed by atoms with Gasteiger partial charge in [-0.3, -0.25) is 5.01 Å². The van der Waals surface area contributed by atoms with Crippen molar-refractivity contribution in [2.45, 2.75) is 66.3 Å². The Morgan fingerprint density at radius 3 is 2.48 bits per heavy atom. The minimum absolute atomic E-state index is 0.0898. The summed E-state index contributed by atoms with van der Waals surface area (Å²) in [6, 6.07) is 0.121. The van der Waals surface area contributed by atoms with Crippen LogP contribution in [0.25, 0.3) is 0 Å². The number of ether oxygens (including phenoxy) is 2. The molecular weight excluding hydrogens is 416 g/mol. The van der Waals surface area contributed by atoms with Crippen LogP contribution in [0.15, 0.2) is 51.1 Å². The third-order valence-electron chi connectivity index (χ3n) is 6.21. The van der Waals surface area contributed by atoms with Crippen LogP contribution in [0, 0.1) is 5.92 Å². The summed E-state index contributed by atoms with van der Waals surface area (Å²) in [5.74, 6) is 1.06. The highest BCUT2D eigenvalue weighted by molar-refractivity contribution is 5.65. The molecule has 0 bridgehead atoms. The number of allylic oxidation sites excluding steroid dienone is 5. The summed E-state index contributed by atoms with van der Waals surface area (Å²) in [6.45, 7) is 12.2. The molecule has 0 aromatic rings. The molecule has 1 heterocycles. The van der Waals surface area contributed by atoms with E-state index in [2.05, 4.69) is 67.5 Å². The van der Waals surface area contributed by atoms with E-state index in [-0.39, 0.29) is 18.7 Å². The molecule has 1 aliphatic rings. The van der Waals surface area contributed by atoms with E-state index in [9.17, 15) is 5.11 Å². The molecule has 2 unspecified atom stereocenters. The van der Waals surface area contributed by atoms with Crippen LogP contribution in [0.2, 0.25) is 0 Å². The molecule has 0 spiro atoms. The fourth-order valence-corrected chi connectivity index (χ4v) is 4.28. The highest BCUT2D eigenvalue weighted by Crippen LogP contribution is 2.29. The number of methoxy groups -OCH3 is 2. The zero-order chi connectivity index (χ0) is 24.8. The maximum Gasteiger partial charge on any atom is 0.189 e. The predicted octanol–water partition coefficient (Wildman–Crippen LogP) is 4.30. The first-order valence-electron chi connectivity index (χ1n) is 12.0. The summed E-state index contributed by atoms with van der Waals surface area (Å²) in [7, 11) is 5.30. The van der Waals surface area contributed by atoms with E-state index < -0.39 is 0 Å². The first-order valence-corrected chi connectivity index (χ1v) is 12.0. The molecule has 188 valence electrons. The average molecular weight is 463 g/mol. The molecule has 2 atom stereocenters. The van der Waals surface area contributed by atoms with Gasteiger partial charge in [-0.2, -0.15) is 5.10 Å². The molecule has 0 radical (unpaired) electrons. The van der Waals surface area contributed by atoms with Crippen molar-refractivity contribution in [3.8, 4) is 0 Å². The molecule has 7 nitrogen and oxygen atoms in total. The Morgan fingerprint density at radius 1 is 1.21 bits per heavy atom. The summed E-state index contributed by atoms with van der Waals surface area (Å²) < 4.78 is 10.8. The van der Waals surface area contributed by atoms with E-state index in [0.717, 1.165) is 49.4 Å². The molecule has 0 aliphatic carbocycles. The maximum atomic E-state index is 9.61. The second kappa shape index (κ2) is 15.6. The molecule has 1 aliphatic heterocycles. The first-order chi connectivity index (χ1) is 15.9. The van der Waals surface area contributed by atoms with Crippen molar-refractivity contribution >= 4 is 6.21 Å². The van der Waals surface area contributed by atoms with Gasteiger partial charge in [0.25, 0.3) is 0 Å². The molecule has 3 N–H and O–H groups in total. The van der Waals surface area contributed by atoms with Crippen LogP contribution in [0.1, 0.15) is 60.3 Å². The normalized spacial score (nSPS) is 20.6. The summed E-state index contributed by atoms with van der Waals surface area (Å²) in [5.41, 5.74) is 5.96. The molecule has 0 fully saturated rings. The summed E-state index contributed by atoms with van der Waals surface area (Å²) >= 11 is 0. The van der Waals surface area contributed by atoms with E-state index in [1.807, 2.05) is 13.3 Å². The topological polar surface area (TPSA) is 78.4 Å². The molecule has 7 heteroatoms. The fourth-order valence-electron chi connectivity index (χ4n) is 4.28. The number of rotatable bonds is 15. The molecule has 0 saturated heterocycles. The Morgan fingerprint density at radius 2 is 1.94 bits per heavy atom. The Kier molecular flexibility index (Phi) is 13.6. The number of hydrogen-bond donors (Lipinski definition) is 3. The fraction of sp³-hybridized carbons (Fsp3) is 0.654. The van der Waals surface area contributed by atoms with Crippen molar-refractivity contribution < 1.29 is 14.6 Å². The highest BCUT2D eigenvalue weighted by atomic mass is 16.5. The molecule has 1 rings (SSSR count). The second-order valence-electron chi connectivity index (χ2n) is 8.33. The summed E-state index contributed by atoms with van der Waals surface area (Å²) in [5, 5.41) is 22.8. The highest BCUT2D eigenvalue weighted by Gasteiger charge is 2.31. The minimum atomic E-state index is -0.0898. The van der Waals surface area contributed by atoms with Crippen LogP contribution in [0.3, 0.4) is 0 Å². The number of hydrazone groups is 1. The molecular formula is C26H46N4O3. The van der Waals surface area contributed by atoms with E-state index in [1.165, 1.54) is 16.7 Å². The average Bonchev–Trinajstić information content (AvgIpc) is 3.18.